The van der Waals surface area contributed by atoms with E-state index in [2.05, 4.69) is 16.8 Å². The predicted molar refractivity (Wildman–Crippen MR) is 47.6 cm³/mol. The molecule has 60 valence electrons. The van der Waals surface area contributed by atoms with Crippen LogP contribution in [0.3, 0.4) is 0 Å². The van der Waals surface area contributed by atoms with E-state index in [4.69, 9.17) is 16.8 Å². The third-order valence-corrected chi connectivity index (χ3v) is 1.12. The van der Waals surface area contributed by atoms with Gasteiger partial charge in [-0.2, -0.15) is 0 Å². The Bertz CT molecular complexity index is 197. The highest BCUT2D eigenvalue weighted by atomic mass is 35.5. The number of hydrogen-bond donors (Lipinski definition) is 1. The molecule has 0 heterocycles. The van der Waals surface area contributed by atoms with Crippen LogP contribution in [0.25, 0.3) is 0 Å². The minimum absolute atomic E-state index is 0.778. The first-order valence-corrected chi connectivity index (χ1v) is 3.59. The summed E-state index contributed by atoms with van der Waals surface area (Å²) in [5.41, 5.74) is 0.778. The van der Waals surface area contributed by atoms with Crippen molar-refractivity contribution in [2.45, 2.75) is 0 Å². The third kappa shape index (κ3) is 7.16. The zero-order chi connectivity index (χ0) is 8.53. The van der Waals surface area contributed by atoms with Crippen LogP contribution in [0, 0.1) is 0 Å². The number of rotatable bonds is 0. The molecular formula is C7H7Cl2NO. The molecule has 2 nitrogen and oxygen atoms in total. The number of benzene rings is 1. The quantitative estimate of drug-likeness (QED) is 0.382. The van der Waals surface area contributed by atoms with Gasteiger partial charge in [-0.05, 0) is 12.1 Å². The first kappa shape index (κ1) is 10.3. The fraction of sp³-hybridized carbons (Fsp3) is 0. The topological polar surface area (TPSA) is 32.6 Å². The zero-order valence-electron chi connectivity index (χ0n) is 5.61. The Morgan fingerprint density at radius 2 is 1.73 bits per heavy atom. The molecule has 0 amide bonds. The monoisotopic (exact) mass is 191 g/mol. The first-order valence-electron chi connectivity index (χ1n) is 2.78. The van der Waals surface area contributed by atoms with E-state index in [0.29, 0.717) is 0 Å². The van der Waals surface area contributed by atoms with Crippen LogP contribution in [0.5, 0.6) is 0 Å². The van der Waals surface area contributed by atoms with Gasteiger partial charge >= 0.3 is 0 Å². The van der Waals surface area contributed by atoms with Crippen LogP contribution in [0.4, 0.5) is 0 Å². The molecular weight excluding hydrogens is 185 g/mol. The molecule has 11 heavy (non-hydrogen) atoms. The zero-order valence-corrected chi connectivity index (χ0v) is 7.13. The van der Waals surface area contributed by atoms with Crippen LogP contribution >= 0.6 is 23.2 Å². The molecule has 0 spiro atoms. The van der Waals surface area contributed by atoms with Crippen LogP contribution in [0.15, 0.2) is 35.5 Å². The number of halogens is 2. The van der Waals surface area contributed by atoms with E-state index in [-0.39, 0.29) is 0 Å². The van der Waals surface area contributed by atoms with E-state index >= 15 is 0 Å². The highest BCUT2D eigenvalue weighted by Crippen LogP contribution is 2.03. The molecule has 1 N–H and O–H groups in total. The highest BCUT2D eigenvalue weighted by Gasteiger charge is 1.74. The van der Waals surface area contributed by atoms with Crippen LogP contribution < -0.4 is 0 Å². The highest BCUT2D eigenvalue weighted by molar-refractivity contribution is 6.56. The van der Waals surface area contributed by atoms with Gasteiger partial charge in [0.1, 0.15) is 5.67 Å². The lowest BCUT2D eigenvalue weighted by molar-refractivity contribution is 0.323. The van der Waals surface area contributed by atoms with Gasteiger partial charge in [-0.15, -0.1) is 0 Å². The molecule has 0 unspecified atom stereocenters. The van der Waals surface area contributed by atoms with Gasteiger partial charge in [0.15, 0.2) is 0 Å². The van der Waals surface area contributed by atoms with Crippen LogP contribution in [-0.4, -0.2) is 10.9 Å². The van der Waals surface area contributed by atoms with E-state index in [1.165, 1.54) is 0 Å². The van der Waals surface area contributed by atoms with Crippen LogP contribution in [0.1, 0.15) is 0 Å². The number of hydrogen-bond acceptors (Lipinski definition) is 2. The predicted octanol–water partition coefficient (Wildman–Crippen LogP) is 2.98. The van der Waals surface area contributed by atoms with Crippen molar-refractivity contribution in [3.63, 3.8) is 0 Å². The third-order valence-electron chi connectivity index (χ3n) is 0.777. The first-order chi connectivity index (χ1) is 5.31. The smallest absolute Gasteiger partial charge is 0.132 e. The Balaban J connectivity index is 0.000000218. The second-order valence-electron chi connectivity index (χ2n) is 1.51. The fourth-order valence-electron chi connectivity index (χ4n) is 0.415. The molecule has 0 aromatic heterocycles. The molecule has 1 rings (SSSR count). The summed E-state index contributed by atoms with van der Waals surface area (Å²) in [6.45, 7) is 0. The number of oxime groups is 1. The van der Waals surface area contributed by atoms with Gasteiger partial charge in [-0.3, -0.25) is 0 Å². The molecule has 0 atom stereocenters. The van der Waals surface area contributed by atoms with E-state index in [1.54, 1.807) is 0 Å². The maximum atomic E-state index is 7.31. The van der Waals surface area contributed by atoms with Crippen molar-refractivity contribution in [3.05, 3.63) is 35.4 Å². The summed E-state index contributed by atoms with van der Waals surface area (Å²) in [5.74, 6) is 0. The van der Waals surface area contributed by atoms with Crippen LogP contribution in [0.2, 0.25) is 5.02 Å². The molecule has 0 radical (unpaired) electrons. The summed E-state index contributed by atoms with van der Waals surface area (Å²) in [6.07, 6.45) is 0. The van der Waals surface area contributed by atoms with Crippen molar-refractivity contribution in [1.29, 1.82) is 0 Å². The molecule has 0 saturated carbocycles. The van der Waals surface area contributed by atoms with Gasteiger partial charge in [-0.1, -0.05) is 46.6 Å². The molecule has 0 fully saturated rings. The van der Waals surface area contributed by atoms with Gasteiger partial charge in [0.2, 0.25) is 0 Å². The van der Waals surface area contributed by atoms with E-state index in [1.807, 2.05) is 30.3 Å². The summed E-state index contributed by atoms with van der Waals surface area (Å²) in [6, 6.07) is 9.44. The molecule has 0 saturated heterocycles. The molecule has 0 aliphatic carbocycles. The van der Waals surface area contributed by atoms with E-state index in [0.717, 1.165) is 10.7 Å². The standard InChI is InChI=1S/C6H5Cl.CH2ClNO/c7-6-4-2-1-3-5-6;2-1-3-4/h1-5H;1,4H. The Morgan fingerprint density at radius 3 is 1.91 bits per heavy atom. The van der Waals surface area contributed by atoms with Crippen molar-refractivity contribution < 1.29 is 5.21 Å². The van der Waals surface area contributed by atoms with Crippen molar-refractivity contribution in [2.75, 3.05) is 0 Å². The minimum atomic E-state index is 0.778. The van der Waals surface area contributed by atoms with Crippen molar-refractivity contribution in [3.8, 4) is 0 Å². The Morgan fingerprint density at radius 1 is 1.27 bits per heavy atom. The Kier molecular flexibility index (Phi) is 6.89. The SMILES string of the molecule is Clc1ccccc1.ON=CCl. The van der Waals surface area contributed by atoms with Crippen LogP contribution in [-0.2, 0) is 0 Å². The molecule has 1 aromatic carbocycles. The normalized spacial score (nSPS) is 8.91. The molecule has 0 aliphatic heterocycles. The summed E-state index contributed by atoms with van der Waals surface area (Å²) >= 11 is 10.2. The molecule has 0 aliphatic rings. The summed E-state index contributed by atoms with van der Waals surface area (Å²) in [5, 5.41) is 10.5. The fourth-order valence-corrected chi connectivity index (χ4v) is 0.560. The summed E-state index contributed by atoms with van der Waals surface area (Å²) in [4.78, 5) is 0. The number of nitrogens with zero attached hydrogens (tertiary/aromatic N) is 1. The average Bonchev–Trinajstić information content (AvgIpc) is 2.07. The van der Waals surface area contributed by atoms with Crippen molar-refractivity contribution in [2.24, 2.45) is 5.16 Å². The largest absolute Gasteiger partial charge is 0.410 e. The average molecular weight is 192 g/mol. The summed E-state index contributed by atoms with van der Waals surface area (Å²) < 4.78 is 0. The summed E-state index contributed by atoms with van der Waals surface area (Å²) in [7, 11) is 0. The maximum Gasteiger partial charge on any atom is 0.132 e. The lowest BCUT2D eigenvalue weighted by Crippen LogP contribution is -1.55. The Labute approximate surface area is 75.1 Å². The van der Waals surface area contributed by atoms with E-state index < -0.39 is 0 Å². The second kappa shape index (κ2) is 7.38. The lowest BCUT2D eigenvalue weighted by Gasteiger charge is -1.80. The molecule has 1 aromatic rings. The van der Waals surface area contributed by atoms with Crippen molar-refractivity contribution in [1.82, 2.24) is 0 Å². The van der Waals surface area contributed by atoms with Gasteiger partial charge in [-0.25, -0.2) is 0 Å². The molecule has 4 heteroatoms. The van der Waals surface area contributed by atoms with Gasteiger partial charge in [0.25, 0.3) is 0 Å². The molecule has 0 bridgehead atoms. The lowest BCUT2D eigenvalue weighted by atomic mass is 10.4. The van der Waals surface area contributed by atoms with Gasteiger partial charge < -0.3 is 5.21 Å². The Hall–Kier alpha value is -0.730. The minimum Gasteiger partial charge on any atom is -0.410 e. The maximum absolute atomic E-state index is 7.31. The van der Waals surface area contributed by atoms with Gasteiger partial charge in [0, 0.05) is 5.02 Å². The van der Waals surface area contributed by atoms with Crippen molar-refractivity contribution >= 4 is 28.9 Å². The van der Waals surface area contributed by atoms with Gasteiger partial charge in [0.05, 0.1) is 0 Å². The second-order valence-corrected chi connectivity index (χ2v) is 2.14. The van der Waals surface area contributed by atoms with E-state index in [9.17, 15) is 0 Å².